The molecule has 0 aliphatic heterocycles. The zero-order valence-corrected chi connectivity index (χ0v) is 7.51. The molecular formula is C9H15N3. The standard InChI is InChI=1S/C9H15N3/c1-12-8-5-3-2-4-7(8)11-9(12)6-10/h2-6,10H2,1H3. The second-order valence-electron chi connectivity index (χ2n) is 3.39. The molecule has 0 unspecified atom stereocenters. The highest BCUT2D eigenvalue weighted by molar-refractivity contribution is 5.19. The van der Waals surface area contributed by atoms with Gasteiger partial charge in [0.15, 0.2) is 0 Å². The predicted molar refractivity (Wildman–Crippen MR) is 47.7 cm³/mol. The first kappa shape index (κ1) is 7.80. The lowest BCUT2D eigenvalue weighted by Crippen LogP contribution is -2.08. The van der Waals surface area contributed by atoms with Crippen molar-refractivity contribution in [1.29, 1.82) is 0 Å². The monoisotopic (exact) mass is 165 g/mol. The Bertz CT molecular complexity index is 288. The van der Waals surface area contributed by atoms with Gasteiger partial charge in [0.1, 0.15) is 5.82 Å². The van der Waals surface area contributed by atoms with Crippen molar-refractivity contribution in [3.05, 3.63) is 17.2 Å². The highest BCUT2D eigenvalue weighted by Gasteiger charge is 2.16. The van der Waals surface area contributed by atoms with E-state index in [4.69, 9.17) is 5.73 Å². The van der Waals surface area contributed by atoms with Crippen LogP contribution < -0.4 is 5.73 Å². The van der Waals surface area contributed by atoms with Crippen molar-refractivity contribution in [2.24, 2.45) is 12.8 Å². The van der Waals surface area contributed by atoms with Gasteiger partial charge in [-0.25, -0.2) is 4.98 Å². The van der Waals surface area contributed by atoms with Crippen LogP contribution in [0.15, 0.2) is 0 Å². The van der Waals surface area contributed by atoms with Crippen LogP contribution in [0.25, 0.3) is 0 Å². The summed E-state index contributed by atoms with van der Waals surface area (Å²) >= 11 is 0. The van der Waals surface area contributed by atoms with E-state index in [0.717, 1.165) is 12.2 Å². The highest BCUT2D eigenvalue weighted by Crippen LogP contribution is 2.20. The number of hydrogen-bond donors (Lipinski definition) is 1. The molecule has 1 aromatic rings. The van der Waals surface area contributed by atoms with Crippen LogP contribution >= 0.6 is 0 Å². The van der Waals surface area contributed by atoms with Crippen LogP contribution in [0.1, 0.15) is 30.1 Å². The van der Waals surface area contributed by atoms with Gasteiger partial charge in [-0.2, -0.15) is 0 Å². The number of nitrogens with zero attached hydrogens (tertiary/aromatic N) is 2. The maximum absolute atomic E-state index is 5.58. The summed E-state index contributed by atoms with van der Waals surface area (Å²) in [6, 6.07) is 0. The molecule has 0 saturated carbocycles. The number of imidazole rings is 1. The molecule has 0 bridgehead atoms. The first-order valence-electron chi connectivity index (χ1n) is 4.56. The summed E-state index contributed by atoms with van der Waals surface area (Å²) in [6.45, 7) is 0.559. The predicted octanol–water partition coefficient (Wildman–Crippen LogP) is 0.758. The molecular weight excluding hydrogens is 150 g/mol. The van der Waals surface area contributed by atoms with Crippen molar-refractivity contribution in [3.63, 3.8) is 0 Å². The van der Waals surface area contributed by atoms with Gasteiger partial charge in [0.2, 0.25) is 0 Å². The Morgan fingerprint density at radius 1 is 1.42 bits per heavy atom. The molecule has 0 fully saturated rings. The smallest absolute Gasteiger partial charge is 0.122 e. The molecule has 0 spiro atoms. The van der Waals surface area contributed by atoms with Gasteiger partial charge < -0.3 is 10.3 Å². The third kappa shape index (κ3) is 1.05. The van der Waals surface area contributed by atoms with Crippen LogP contribution in [0.5, 0.6) is 0 Å². The Balaban J connectivity index is 2.44. The summed E-state index contributed by atoms with van der Waals surface area (Å²) in [4.78, 5) is 4.51. The van der Waals surface area contributed by atoms with E-state index in [9.17, 15) is 0 Å². The van der Waals surface area contributed by atoms with E-state index in [1.54, 1.807) is 0 Å². The Labute approximate surface area is 72.6 Å². The first-order valence-corrected chi connectivity index (χ1v) is 4.56. The van der Waals surface area contributed by atoms with Crippen LogP contribution in [0.2, 0.25) is 0 Å². The molecule has 66 valence electrons. The fourth-order valence-electron chi connectivity index (χ4n) is 1.92. The largest absolute Gasteiger partial charge is 0.334 e. The van der Waals surface area contributed by atoms with Crippen molar-refractivity contribution >= 4 is 0 Å². The SMILES string of the molecule is Cn1c(CN)nc2c1CCCC2. The molecule has 0 atom stereocenters. The maximum atomic E-state index is 5.58. The first-order chi connectivity index (χ1) is 5.83. The van der Waals surface area contributed by atoms with E-state index < -0.39 is 0 Å². The van der Waals surface area contributed by atoms with Crippen LogP contribution in [0.4, 0.5) is 0 Å². The number of aromatic nitrogens is 2. The molecule has 3 nitrogen and oxygen atoms in total. The fraction of sp³-hybridized carbons (Fsp3) is 0.667. The molecule has 0 saturated heterocycles. The summed E-state index contributed by atoms with van der Waals surface area (Å²) in [5, 5.41) is 0. The van der Waals surface area contributed by atoms with Gasteiger partial charge in [0.25, 0.3) is 0 Å². The molecule has 2 rings (SSSR count). The number of nitrogens with two attached hydrogens (primary N) is 1. The van der Waals surface area contributed by atoms with E-state index in [0.29, 0.717) is 6.54 Å². The average molecular weight is 165 g/mol. The Morgan fingerprint density at radius 2 is 2.17 bits per heavy atom. The van der Waals surface area contributed by atoms with Crippen molar-refractivity contribution in [2.75, 3.05) is 0 Å². The number of hydrogen-bond acceptors (Lipinski definition) is 2. The lowest BCUT2D eigenvalue weighted by atomic mass is 10.0. The van der Waals surface area contributed by atoms with Crippen molar-refractivity contribution in [2.45, 2.75) is 32.2 Å². The fourth-order valence-corrected chi connectivity index (χ4v) is 1.92. The molecule has 0 radical (unpaired) electrons. The van der Waals surface area contributed by atoms with Gasteiger partial charge in [0.05, 0.1) is 12.2 Å². The Morgan fingerprint density at radius 3 is 2.83 bits per heavy atom. The third-order valence-corrected chi connectivity index (χ3v) is 2.65. The zero-order valence-electron chi connectivity index (χ0n) is 7.51. The van der Waals surface area contributed by atoms with E-state index in [1.165, 1.54) is 30.7 Å². The van der Waals surface area contributed by atoms with Gasteiger partial charge >= 0.3 is 0 Å². The number of fused-ring (bicyclic) bond motifs is 1. The quantitative estimate of drug-likeness (QED) is 0.667. The molecule has 0 amide bonds. The van der Waals surface area contributed by atoms with Gasteiger partial charge in [-0.1, -0.05) is 0 Å². The number of aryl methyl sites for hydroxylation is 1. The summed E-state index contributed by atoms with van der Waals surface area (Å²) in [7, 11) is 2.07. The second kappa shape index (κ2) is 2.90. The normalized spacial score (nSPS) is 16.2. The number of rotatable bonds is 1. The van der Waals surface area contributed by atoms with Crippen molar-refractivity contribution in [3.8, 4) is 0 Å². The average Bonchev–Trinajstić information content (AvgIpc) is 2.44. The Hall–Kier alpha value is -0.830. The molecule has 1 aromatic heterocycles. The minimum Gasteiger partial charge on any atom is -0.334 e. The van der Waals surface area contributed by atoms with Crippen LogP contribution in [-0.4, -0.2) is 9.55 Å². The van der Waals surface area contributed by atoms with Gasteiger partial charge in [0, 0.05) is 12.7 Å². The van der Waals surface area contributed by atoms with Crippen LogP contribution in [-0.2, 0) is 26.4 Å². The Kier molecular flexibility index (Phi) is 1.89. The van der Waals surface area contributed by atoms with E-state index in [-0.39, 0.29) is 0 Å². The summed E-state index contributed by atoms with van der Waals surface area (Å²) < 4.78 is 2.16. The van der Waals surface area contributed by atoms with Crippen molar-refractivity contribution in [1.82, 2.24) is 9.55 Å². The summed E-state index contributed by atoms with van der Waals surface area (Å²) in [5.41, 5.74) is 8.27. The molecule has 1 heterocycles. The zero-order chi connectivity index (χ0) is 8.55. The van der Waals surface area contributed by atoms with E-state index >= 15 is 0 Å². The molecule has 0 aromatic carbocycles. The molecule has 1 aliphatic rings. The van der Waals surface area contributed by atoms with E-state index in [1.807, 2.05) is 0 Å². The van der Waals surface area contributed by atoms with Gasteiger partial charge in [-0.15, -0.1) is 0 Å². The van der Waals surface area contributed by atoms with Crippen molar-refractivity contribution < 1.29 is 0 Å². The van der Waals surface area contributed by atoms with Crippen LogP contribution in [0.3, 0.4) is 0 Å². The third-order valence-electron chi connectivity index (χ3n) is 2.65. The van der Waals surface area contributed by atoms with Gasteiger partial charge in [-0.3, -0.25) is 0 Å². The topological polar surface area (TPSA) is 43.8 Å². The van der Waals surface area contributed by atoms with Gasteiger partial charge in [-0.05, 0) is 25.7 Å². The van der Waals surface area contributed by atoms with E-state index in [2.05, 4.69) is 16.6 Å². The van der Waals surface area contributed by atoms with Crippen LogP contribution in [0, 0.1) is 0 Å². The lowest BCUT2D eigenvalue weighted by Gasteiger charge is -2.11. The second-order valence-corrected chi connectivity index (χ2v) is 3.39. The molecule has 2 N–H and O–H groups in total. The maximum Gasteiger partial charge on any atom is 0.122 e. The lowest BCUT2D eigenvalue weighted by molar-refractivity contribution is 0.639. The summed E-state index contributed by atoms with van der Waals surface area (Å²) in [5.74, 6) is 1.03. The highest BCUT2D eigenvalue weighted by atomic mass is 15.1. The minimum atomic E-state index is 0.559. The summed E-state index contributed by atoms with van der Waals surface area (Å²) in [6.07, 6.45) is 4.91. The minimum absolute atomic E-state index is 0.559. The molecule has 12 heavy (non-hydrogen) atoms. The molecule has 3 heteroatoms. The molecule has 1 aliphatic carbocycles.